The summed E-state index contributed by atoms with van der Waals surface area (Å²) in [4.78, 5) is 0. The van der Waals surface area contributed by atoms with E-state index in [1.807, 2.05) is 19.1 Å². The first-order valence-electron chi connectivity index (χ1n) is 6.97. The molecule has 106 valence electrons. The number of hydrogen-bond acceptors (Lipinski definition) is 3. The van der Waals surface area contributed by atoms with E-state index in [1.54, 1.807) is 7.11 Å². The summed E-state index contributed by atoms with van der Waals surface area (Å²) in [6.07, 6.45) is 5.25. The lowest BCUT2D eigenvalue weighted by molar-refractivity contribution is 0.305. The van der Waals surface area contributed by atoms with E-state index in [9.17, 15) is 0 Å². The Hall–Kier alpha value is -0.740. The molecule has 0 atom stereocenters. The molecule has 0 heterocycles. The van der Waals surface area contributed by atoms with Crippen molar-refractivity contribution in [2.24, 2.45) is 0 Å². The molecule has 1 aliphatic rings. The van der Waals surface area contributed by atoms with Crippen molar-refractivity contribution >= 4 is 15.9 Å². The van der Waals surface area contributed by atoms with Gasteiger partial charge in [-0.2, -0.15) is 0 Å². The molecule has 1 N–H and O–H groups in total. The summed E-state index contributed by atoms with van der Waals surface area (Å²) in [5.74, 6) is 1.65. The van der Waals surface area contributed by atoms with Crippen LogP contribution in [0, 0.1) is 0 Å². The standard InChI is InChI=1S/C15H22BrNO2/c1-3-19-15-12(10-17-11-6-4-5-7-11)13(16)8-9-14(15)18-2/h8-9,11,17H,3-7,10H2,1-2H3. The van der Waals surface area contributed by atoms with Gasteiger partial charge in [-0.3, -0.25) is 0 Å². The molecule has 0 radical (unpaired) electrons. The zero-order chi connectivity index (χ0) is 13.7. The van der Waals surface area contributed by atoms with Crippen LogP contribution in [-0.4, -0.2) is 19.8 Å². The van der Waals surface area contributed by atoms with Crippen LogP contribution in [0.1, 0.15) is 38.2 Å². The highest BCUT2D eigenvalue weighted by Gasteiger charge is 2.18. The van der Waals surface area contributed by atoms with Gasteiger partial charge < -0.3 is 14.8 Å². The van der Waals surface area contributed by atoms with E-state index in [1.165, 1.54) is 25.7 Å². The predicted octanol–water partition coefficient (Wildman–Crippen LogP) is 3.89. The van der Waals surface area contributed by atoms with E-state index in [0.29, 0.717) is 12.6 Å². The summed E-state index contributed by atoms with van der Waals surface area (Å²) in [5.41, 5.74) is 1.15. The molecule has 0 unspecified atom stereocenters. The Balaban J connectivity index is 2.15. The number of rotatable bonds is 6. The highest BCUT2D eigenvalue weighted by atomic mass is 79.9. The van der Waals surface area contributed by atoms with Gasteiger partial charge in [0.25, 0.3) is 0 Å². The Morgan fingerprint density at radius 2 is 2.05 bits per heavy atom. The van der Waals surface area contributed by atoms with Crippen LogP contribution in [-0.2, 0) is 6.54 Å². The summed E-state index contributed by atoms with van der Waals surface area (Å²) < 4.78 is 12.2. The van der Waals surface area contributed by atoms with Gasteiger partial charge in [-0.15, -0.1) is 0 Å². The summed E-state index contributed by atoms with van der Waals surface area (Å²) >= 11 is 3.61. The number of methoxy groups -OCH3 is 1. The zero-order valence-corrected chi connectivity index (χ0v) is 13.3. The van der Waals surface area contributed by atoms with Crippen LogP contribution in [0.3, 0.4) is 0 Å². The molecule has 0 aromatic heterocycles. The lowest BCUT2D eigenvalue weighted by Crippen LogP contribution is -2.25. The first-order chi connectivity index (χ1) is 9.26. The van der Waals surface area contributed by atoms with Crippen LogP contribution >= 0.6 is 15.9 Å². The van der Waals surface area contributed by atoms with Crippen molar-refractivity contribution in [1.29, 1.82) is 0 Å². The third-order valence-corrected chi connectivity index (χ3v) is 4.34. The molecule has 1 aromatic carbocycles. The van der Waals surface area contributed by atoms with E-state index >= 15 is 0 Å². The Bertz CT molecular complexity index is 417. The minimum absolute atomic E-state index is 0.642. The van der Waals surface area contributed by atoms with Gasteiger partial charge in [-0.25, -0.2) is 0 Å². The largest absolute Gasteiger partial charge is 0.493 e. The van der Waals surface area contributed by atoms with Crippen molar-refractivity contribution in [3.05, 3.63) is 22.2 Å². The van der Waals surface area contributed by atoms with Gasteiger partial charge in [-0.1, -0.05) is 28.8 Å². The molecule has 3 nitrogen and oxygen atoms in total. The predicted molar refractivity (Wildman–Crippen MR) is 81.0 cm³/mol. The third-order valence-electron chi connectivity index (χ3n) is 3.60. The molecule has 1 aliphatic carbocycles. The number of benzene rings is 1. The molecule has 0 saturated heterocycles. The Morgan fingerprint density at radius 1 is 1.32 bits per heavy atom. The number of nitrogens with one attached hydrogen (secondary N) is 1. The molecule has 19 heavy (non-hydrogen) atoms. The molecule has 1 fully saturated rings. The molecule has 0 amide bonds. The van der Waals surface area contributed by atoms with E-state index in [2.05, 4.69) is 21.2 Å². The molecule has 0 aliphatic heterocycles. The van der Waals surface area contributed by atoms with Crippen LogP contribution < -0.4 is 14.8 Å². The van der Waals surface area contributed by atoms with E-state index in [0.717, 1.165) is 28.1 Å². The maximum absolute atomic E-state index is 5.76. The van der Waals surface area contributed by atoms with Crippen LogP contribution in [0.25, 0.3) is 0 Å². The van der Waals surface area contributed by atoms with Gasteiger partial charge in [0.1, 0.15) is 0 Å². The fourth-order valence-electron chi connectivity index (χ4n) is 2.59. The fraction of sp³-hybridized carbons (Fsp3) is 0.600. The Morgan fingerprint density at radius 3 is 2.68 bits per heavy atom. The van der Waals surface area contributed by atoms with Crippen molar-refractivity contribution in [2.45, 2.75) is 45.2 Å². The van der Waals surface area contributed by atoms with Crippen molar-refractivity contribution in [3.63, 3.8) is 0 Å². The molecule has 2 rings (SSSR count). The number of ether oxygens (including phenoxy) is 2. The second-order valence-corrected chi connectivity index (χ2v) is 5.71. The second kappa shape index (κ2) is 7.15. The van der Waals surface area contributed by atoms with E-state index in [4.69, 9.17) is 9.47 Å². The number of halogens is 1. The first-order valence-corrected chi connectivity index (χ1v) is 7.77. The summed E-state index contributed by atoms with van der Waals surface area (Å²) in [5, 5.41) is 3.62. The van der Waals surface area contributed by atoms with Gasteiger partial charge in [0.15, 0.2) is 11.5 Å². The Kier molecular flexibility index (Phi) is 5.52. The van der Waals surface area contributed by atoms with Crippen molar-refractivity contribution in [3.8, 4) is 11.5 Å². The Labute approximate surface area is 123 Å². The molecule has 1 saturated carbocycles. The van der Waals surface area contributed by atoms with Crippen LogP contribution in [0.4, 0.5) is 0 Å². The molecule has 1 aromatic rings. The smallest absolute Gasteiger partial charge is 0.166 e. The van der Waals surface area contributed by atoms with Gasteiger partial charge >= 0.3 is 0 Å². The summed E-state index contributed by atoms with van der Waals surface area (Å²) in [6, 6.07) is 4.61. The summed E-state index contributed by atoms with van der Waals surface area (Å²) in [7, 11) is 1.68. The lowest BCUT2D eigenvalue weighted by Gasteiger charge is -2.18. The van der Waals surface area contributed by atoms with E-state index in [-0.39, 0.29) is 0 Å². The average Bonchev–Trinajstić information content (AvgIpc) is 2.92. The molecular weight excluding hydrogens is 306 g/mol. The fourth-order valence-corrected chi connectivity index (χ4v) is 3.04. The first kappa shape index (κ1) is 14.7. The van der Waals surface area contributed by atoms with Crippen molar-refractivity contribution in [2.75, 3.05) is 13.7 Å². The highest BCUT2D eigenvalue weighted by Crippen LogP contribution is 2.36. The molecule has 0 bridgehead atoms. The lowest BCUT2D eigenvalue weighted by atomic mass is 10.1. The minimum Gasteiger partial charge on any atom is -0.493 e. The monoisotopic (exact) mass is 327 g/mol. The molecule has 0 spiro atoms. The molecular formula is C15H22BrNO2. The maximum atomic E-state index is 5.76. The highest BCUT2D eigenvalue weighted by molar-refractivity contribution is 9.10. The van der Waals surface area contributed by atoms with Crippen LogP contribution in [0.15, 0.2) is 16.6 Å². The molecule has 4 heteroatoms. The second-order valence-electron chi connectivity index (χ2n) is 4.85. The quantitative estimate of drug-likeness (QED) is 0.859. The zero-order valence-electron chi connectivity index (χ0n) is 11.7. The van der Waals surface area contributed by atoms with Gasteiger partial charge in [-0.05, 0) is 31.9 Å². The minimum atomic E-state index is 0.642. The topological polar surface area (TPSA) is 30.5 Å². The SMILES string of the molecule is CCOc1c(OC)ccc(Br)c1CNC1CCCC1. The average molecular weight is 328 g/mol. The van der Waals surface area contributed by atoms with Gasteiger partial charge in [0, 0.05) is 22.6 Å². The van der Waals surface area contributed by atoms with Gasteiger partial charge in [0.2, 0.25) is 0 Å². The van der Waals surface area contributed by atoms with Crippen molar-refractivity contribution < 1.29 is 9.47 Å². The van der Waals surface area contributed by atoms with E-state index < -0.39 is 0 Å². The third kappa shape index (κ3) is 3.63. The van der Waals surface area contributed by atoms with Crippen LogP contribution in [0.2, 0.25) is 0 Å². The normalized spacial score (nSPS) is 15.7. The van der Waals surface area contributed by atoms with Gasteiger partial charge in [0.05, 0.1) is 13.7 Å². The summed E-state index contributed by atoms with van der Waals surface area (Å²) in [6.45, 7) is 3.45. The number of hydrogen-bond donors (Lipinski definition) is 1. The van der Waals surface area contributed by atoms with Crippen LogP contribution in [0.5, 0.6) is 11.5 Å². The maximum Gasteiger partial charge on any atom is 0.166 e. The van der Waals surface area contributed by atoms with Crippen molar-refractivity contribution in [1.82, 2.24) is 5.32 Å².